The third-order valence-electron chi connectivity index (χ3n) is 3.17. The van der Waals surface area contributed by atoms with Crippen LogP contribution in [-0.4, -0.2) is 23.2 Å². The summed E-state index contributed by atoms with van der Waals surface area (Å²) in [5.41, 5.74) is 2.25. The van der Waals surface area contributed by atoms with E-state index in [2.05, 4.69) is 12.0 Å². The lowest BCUT2D eigenvalue weighted by Crippen LogP contribution is -1.99. The van der Waals surface area contributed by atoms with Crippen LogP contribution in [0.25, 0.3) is 0 Å². The summed E-state index contributed by atoms with van der Waals surface area (Å²) in [7, 11) is 3.33. The van der Waals surface area contributed by atoms with Gasteiger partial charge in [-0.2, -0.15) is 5.10 Å². The van der Waals surface area contributed by atoms with E-state index >= 15 is 0 Å². The molecule has 0 aliphatic rings. The number of carbonyl (C=O) groups is 1. The second kappa shape index (κ2) is 5.77. The van der Waals surface area contributed by atoms with Gasteiger partial charge in [0.05, 0.1) is 18.4 Å². The number of aromatic nitrogens is 2. The number of methoxy groups -OCH3 is 1. The lowest BCUT2D eigenvalue weighted by Gasteiger charge is -2.12. The van der Waals surface area contributed by atoms with Crippen LogP contribution in [0, 0.1) is 6.92 Å². The first-order valence-electron chi connectivity index (χ1n) is 6.44. The molecule has 20 heavy (non-hydrogen) atoms. The Kier molecular flexibility index (Phi) is 4.08. The summed E-state index contributed by atoms with van der Waals surface area (Å²) in [6, 6.07) is 5.75. The van der Waals surface area contributed by atoms with Crippen LogP contribution in [0.4, 0.5) is 0 Å². The molecule has 0 atom stereocenters. The maximum atomic E-state index is 11.1. The summed E-state index contributed by atoms with van der Waals surface area (Å²) in [6.45, 7) is 3.85. The molecule has 1 aromatic heterocycles. The van der Waals surface area contributed by atoms with Crippen LogP contribution in [0.15, 0.2) is 18.2 Å². The van der Waals surface area contributed by atoms with Crippen LogP contribution in [0.5, 0.6) is 17.4 Å². The molecule has 0 unspecified atom stereocenters. The molecule has 0 radical (unpaired) electrons. The van der Waals surface area contributed by atoms with Gasteiger partial charge >= 0.3 is 0 Å². The second-order valence-corrected chi connectivity index (χ2v) is 4.49. The van der Waals surface area contributed by atoms with E-state index in [1.807, 2.05) is 18.2 Å². The van der Waals surface area contributed by atoms with Gasteiger partial charge in [0, 0.05) is 7.05 Å². The minimum atomic E-state index is 0.417. The Labute approximate surface area is 118 Å². The fraction of sp³-hybridized carbons (Fsp3) is 0.333. The zero-order valence-corrected chi connectivity index (χ0v) is 12.1. The monoisotopic (exact) mass is 274 g/mol. The standard InChI is InChI=1S/C15H18N2O3/c1-5-11-6-7-13(14(8-11)19-4)20-15-12(9-18)10(2)16-17(15)3/h6-9H,5H2,1-4H3. The Morgan fingerprint density at radius 2 is 2.10 bits per heavy atom. The smallest absolute Gasteiger partial charge is 0.228 e. The van der Waals surface area contributed by atoms with Gasteiger partial charge in [-0.1, -0.05) is 13.0 Å². The summed E-state index contributed by atoms with van der Waals surface area (Å²) in [5.74, 6) is 1.62. The zero-order valence-electron chi connectivity index (χ0n) is 12.1. The average Bonchev–Trinajstić information content (AvgIpc) is 2.73. The van der Waals surface area contributed by atoms with E-state index in [9.17, 15) is 4.79 Å². The van der Waals surface area contributed by atoms with Gasteiger partial charge in [0.1, 0.15) is 0 Å². The van der Waals surface area contributed by atoms with Gasteiger partial charge in [-0.05, 0) is 31.0 Å². The average molecular weight is 274 g/mol. The van der Waals surface area contributed by atoms with Crippen molar-refractivity contribution in [3.05, 3.63) is 35.0 Å². The fourth-order valence-electron chi connectivity index (χ4n) is 2.03. The molecule has 1 heterocycles. The molecule has 0 aliphatic carbocycles. The second-order valence-electron chi connectivity index (χ2n) is 4.49. The number of hydrogen-bond donors (Lipinski definition) is 0. The van der Waals surface area contributed by atoms with Crippen molar-refractivity contribution in [2.75, 3.05) is 7.11 Å². The minimum Gasteiger partial charge on any atom is -0.493 e. The van der Waals surface area contributed by atoms with Crippen LogP contribution in [0.2, 0.25) is 0 Å². The predicted octanol–water partition coefficient (Wildman–Crippen LogP) is 2.90. The van der Waals surface area contributed by atoms with E-state index in [1.165, 1.54) is 0 Å². The molecule has 0 N–H and O–H groups in total. The van der Waals surface area contributed by atoms with Gasteiger partial charge in [0.15, 0.2) is 17.8 Å². The van der Waals surface area contributed by atoms with E-state index in [4.69, 9.17) is 9.47 Å². The largest absolute Gasteiger partial charge is 0.493 e. The van der Waals surface area contributed by atoms with E-state index < -0.39 is 0 Å². The normalized spacial score (nSPS) is 10.4. The minimum absolute atomic E-state index is 0.417. The first kappa shape index (κ1) is 14.1. The highest BCUT2D eigenvalue weighted by Gasteiger charge is 2.16. The van der Waals surface area contributed by atoms with Gasteiger partial charge in [-0.15, -0.1) is 0 Å². The molecule has 0 spiro atoms. The molecule has 1 aromatic carbocycles. The number of nitrogens with zero attached hydrogens (tertiary/aromatic N) is 2. The Balaban J connectivity index is 2.42. The van der Waals surface area contributed by atoms with E-state index in [1.54, 1.807) is 25.8 Å². The number of rotatable bonds is 5. The first-order chi connectivity index (χ1) is 9.60. The molecule has 0 saturated heterocycles. The van der Waals surface area contributed by atoms with Gasteiger partial charge in [0.2, 0.25) is 5.88 Å². The highest BCUT2D eigenvalue weighted by Crippen LogP contribution is 2.34. The number of carbonyl (C=O) groups excluding carboxylic acids is 1. The van der Waals surface area contributed by atoms with Gasteiger partial charge in [0.25, 0.3) is 0 Å². The quantitative estimate of drug-likeness (QED) is 0.787. The van der Waals surface area contributed by atoms with Crippen LogP contribution >= 0.6 is 0 Å². The molecule has 106 valence electrons. The molecule has 0 amide bonds. The Morgan fingerprint density at radius 3 is 2.70 bits per heavy atom. The van der Waals surface area contributed by atoms with Crippen molar-refractivity contribution >= 4 is 6.29 Å². The summed E-state index contributed by atoms with van der Waals surface area (Å²) in [6.07, 6.45) is 1.67. The molecule has 2 rings (SSSR count). The lowest BCUT2D eigenvalue weighted by molar-refractivity contribution is 0.112. The van der Waals surface area contributed by atoms with Gasteiger partial charge < -0.3 is 9.47 Å². The molecule has 0 fully saturated rings. The molecule has 2 aromatic rings. The highest BCUT2D eigenvalue weighted by molar-refractivity contribution is 5.80. The number of aryl methyl sites for hydroxylation is 3. The van der Waals surface area contributed by atoms with Crippen molar-refractivity contribution in [2.45, 2.75) is 20.3 Å². The number of aldehydes is 1. The van der Waals surface area contributed by atoms with Gasteiger partial charge in [-0.3, -0.25) is 4.79 Å². The summed E-state index contributed by atoms with van der Waals surface area (Å²) >= 11 is 0. The first-order valence-corrected chi connectivity index (χ1v) is 6.44. The van der Waals surface area contributed by atoms with Crippen molar-refractivity contribution in [2.24, 2.45) is 7.05 Å². The summed E-state index contributed by atoms with van der Waals surface area (Å²) < 4.78 is 12.7. The molecule has 0 saturated carbocycles. The van der Waals surface area contributed by atoms with Crippen molar-refractivity contribution in [3.8, 4) is 17.4 Å². The maximum absolute atomic E-state index is 11.1. The molecular formula is C15H18N2O3. The van der Waals surface area contributed by atoms with Crippen LogP contribution in [0.1, 0.15) is 28.5 Å². The number of benzene rings is 1. The third kappa shape index (κ3) is 2.52. The molecule has 5 nitrogen and oxygen atoms in total. The Hall–Kier alpha value is -2.30. The van der Waals surface area contributed by atoms with Crippen LogP contribution in [-0.2, 0) is 13.5 Å². The number of hydrogen-bond acceptors (Lipinski definition) is 4. The summed E-state index contributed by atoms with van der Waals surface area (Å²) in [5, 5.41) is 4.19. The molecule has 0 aliphatic heterocycles. The fourth-order valence-corrected chi connectivity index (χ4v) is 2.03. The lowest BCUT2D eigenvalue weighted by atomic mass is 10.1. The van der Waals surface area contributed by atoms with Gasteiger partial charge in [-0.25, -0.2) is 4.68 Å². The molecule has 0 bridgehead atoms. The van der Waals surface area contributed by atoms with Crippen molar-refractivity contribution in [1.29, 1.82) is 0 Å². The topological polar surface area (TPSA) is 53.3 Å². The Morgan fingerprint density at radius 1 is 1.35 bits per heavy atom. The Bertz CT molecular complexity index is 632. The van der Waals surface area contributed by atoms with E-state index in [0.717, 1.165) is 18.3 Å². The summed E-state index contributed by atoms with van der Waals surface area (Å²) in [4.78, 5) is 11.1. The highest BCUT2D eigenvalue weighted by atomic mass is 16.5. The van der Waals surface area contributed by atoms with Crippen molar-refractivity contribution in [1.82, 2.24) is 9.78 Å². The molecular weight excluding hydrogens is 256 g/mol. The van der Waals surface area contributed by atoms with Crippen molar-refractivity contribution in [3.63, 3.8) is 0 Å². The van der Waals surface area contributed by atoms with E-state index in [0.29, 0.717) is 28.6 Å². The number of ether oxygens (including phenoxy) is 2. The zero-order chi connectivity index (χ0) is 14.7. The van der Waals surface area contributed by atoms with E-state index in [-0.39, 0.29) is 0 Å². The van der Waals surface area contributed by atoms with Crippen LogP contribution < -0.4 is 9.47 Å². The van der Waals surface area contributed by atoms with Crippen LogP contribution in [0.3, 0.4) is 0 Å². The predicted molar refractivity (Wildman–Crippen MR) is 75.8 cm³/mol. The maximum Gasteiger partial charge on any atom is 0.228 e. The van der Waals surface area contributed by atoms with Crippen molar-refractivity contribution < 1.29 is 14.3 Å². The SMILES string of the molecule is CCc1ccc(Oc2c(C=O)c(C)nn2C)c(OC)c1. The third-order valence-corrected chi connectivity index (χ3v) is 3.17. The molecule has 5 heteroatoms.